The van der Waals surface area contributed by atoms with Crippen LogP contribution in [0.15, 0.2) is 58.4 Å². The van der Waals surface area contributed by atoms with Crippen LogP contribution in [0.4, 0.5) is 17.5 Å². The van der Waals surface area contributed by atoms with Crippen molar-refractivity contribution in [3.8, 4) is 5.75 Å². The first-order valence-corrected chi connectivity index (χ1v) is 20.8. The number of nitrogens with one attached hydrogen (secondary N) is 2. The van der Waals surface area contributed by atoms with E-state index in [2.05, 4.69) is 20.5 Å². The predicted octanol–water partition coefficient (Wildman–Crippen LogP) is 3.70. The molecule has 0 bridgehead atoms. The number of benzene rings is 2. The van der Waals surface area contributed by atoms with E-state index in [0.717, 1.165) is 23.8 Å². The molecule has 17 nitrogen and oxygen atoms in total. The van der Waals surface area contributed by atoms with Crippen LogP contribution in [0, 0.1) is 6.92 Å². The van der Waals surface area contributed by atoms with Crippen LogP contribution in [0.2, 0.25) is 5.02 Å². The van der Waals surface area contributed by atoms with E-state index in [1.54, 1.807) is 31.4 Å². The number of rotatable bonds is 23. The van der Waals surface area contributed by atoms with Crippen LogP contribution in [0.3, 0.4) is 0 Å². The van der Waals surface area contributed by atoms with E-state index in [9.17, 15) is 22.6 Å². The van der Waals surface area contributed by atoms with Crippen molar-refractivity contribution in [3.05, 3.63) is 75.2 Å². The largest absolute Gasteiger partial charge is 0.478 e. The molecule has 3 N–H and O–H groups in total. The van der Waals surface area contributed by atoms with E-state index in [-0.39, 0.29) is 34.8 Å². The molecule has 0 radical (unpaired) electrons. The third-order valence-corrected chi connectivity index (χ3v) is 10.5. The van der Waals surface area contributed by atoms with Crippen LogP contribution in [-0.2, 0) is 52.1 Å². The first-order valence-electron chi connectivity index (χ1n) is 18.9. The second-order valence-corrected chi connectivity index (χ2v) is 15.2. The van der Waals surface area contributed by atoms with E-state index >= 15 is 0 Å². The van der Waals surface area contributed by atoms with Crippen molar-refractivity contribution in [3.63, 3.8) is 0 Å². The van der Waals surface area contributed by atoms with Crippen molar-refractivity contribution in [2.45, 2.75) is 37.2 Å². The Morgan fingerprint density at radius 1 is 0.931 bits per heavy atom. The zero-order chi connectivity index (χ0) is 41.5. The number of anilines is 3. The Labute approximate surface area is 342 Å². The maximum absolute atomic E-state index is 12.7. The summed E-state index contributed by atoms with van der Waals surface area (Å²) in [5.74, 6) is 0.716. The Kier molecular flexibility index (Phi) is 17.0. The molecular formula is C39H51ClN6O11S. The molecular weight excluding hydrogens is 796 g/mol. The van der Waals surface area contributed by atoms with Crippen LogP contribution in [0.5, 0.6) is 5.75 Å². The number of fused-ring (bicyclic) bond motifs is 1. The number of likely N-dealkylation sites (N-methyl/N-ethyl adjacent to an activating group) is 1. The van der Waals surface area contributed by atoms with Gasteiger partial charge in [0.25, 0.3) is 21.6 Å². The molecule has 1 aliphatic rings. The Bertz CT molecular complexity index is 2150. The number of hydrogen-bond acceptors (Lipinski definition) is 14. The molecule has 5 rings (SSSR count). The van der Waals surface area contributed by atoms with Gasteiger partial charge in [-0.1, -0.05) is 29.3 Å². The minimum atomic E-state index is -4.28. The average Bonchev–Trinajstić information content (AvgIpc) is 3.20. The normalized spacial score (nSPS) is 13.6. The molecule has 1 amide bonds. The van der Waals surface area contributed by atoms with Gasteiger partial charge in [-0.05, 0) is 62.1 Å². The summed E-state index contributed by atoms with van der Waals surface area (Å²) < 4.78 is 67.8. The number of piperidine rings is 1. The number of aryl methyl sites for hydroxylation is 2. The van der Waals surface area contributed by atoms with Crippen molar-refractivity contribution < 1.29 is 46.2 Å². The Balaban J connectivity index is 0.924. The van der Waals surface area contributed by atoms with Gasteiger partial charge in [-0.15, -0.1) is 0 Å². The molecule has 19 heteroatoms. The average molecular weight is 847 g/mol. The van der Waals surface area contributed by atoms with Gasteiger partial charge >= 0.3 is 0 Å². The first-order chi connectivity index (χ1) is 27.9. The van der Waals surface area contributed by atoms with Crippen LogP contribution in [0.1, 0.15) is 24.0 Å². The molecule has 1 saturated heterocycles. The summed E-state index contributed by atoms with van der Waals surface area (Å²) in [7, 11) is -1.14. The van der Waals surface area contributed by atoms with Crippen molar-refractivity contribution >= 4 is 56.0 Å². The van der Waals surface area contributed by atoms with Crippen LogP contribution in [0.25, 0.3) is 10.9 Å². The molecule has 2 aromatic heterocycles. The van der Waals surface area contributed by atoms with Gasteiger partial charge in [-0.3, -0.25) is 14.1 Å². The molecule has 4 aromatic rings. The third-order valence-electron chi connectivity index (χ3n) is 9.25. The number of aromatic nitrogens is 3. The van der Waals surface area contributed by atoms with E-state index in [0.29, 0.717) is 113 Å². The lowest BCUT2D eigenvalue weighted by Crippen LogP contribution is -2.38. The summed E-state index contributed by atoms with van der Waals surface area (Å²) in [4.78, 5) is 35.6. The second kappa shape index (κ2) is 22.1. The van der Waals surface area contributed by atoms with Crippen molar-refractivity contribution in [1.82, 2.24) is 19.9 Å². The highest BCUT2D eigenvalue weighted by molar-refractivity contribution is 7.85. The summed E-state index contributed by atoms with van der Waals surface area (Å²) >= 11 is 6.49. The predicted molar refractivity (Wildman–Crippen MR) is 218 cm³/mol. The molecule has 3 heterocycles. The molecule has 1 fully saturated rings. The van der Waals surface area contributed by atoms with Crippen molar-refractivity contribution in [2.75, 3.05) is 96.4 Å². The number of nitrogens with zero attached hydrogens (tertiary/aromatic N) is 4. The number of pyridine rings is 1. The molecule has 0 spiro atoms. The number of amides is 1. The van der Waals surface area contributed by atoms with E-state index in [1.165, 1.54) is 17.7 Å². The zero-order valence-corrected chi connectivity index (χ0v) is 34.5. The van der Waals surface area contributed by atoms with Gasteiger partial charge in [-0.2, -0.15) is 13.4 Å². The van der Waals surface area contributed by atoms with Gasteiger partial charge < -0.3 is 48.5 Å². The molecule has 0 aliphatic carbocycles. The number of carbonyl (C=O) groups is 1. The SMILES string of the molecule is CNC(=O)COc1cc2cc(Nc3nc(N4CCC(OCCOCCOCCOCCOCCc5cc(C)ccc5S(=O)(=O)O)CC4)ncc3Cl)ccc2n(C)c1=O. The van der Waals surface area contributed by atoms with Crippen molar-refractivity contribution in [1.29, 1.82) is 0 Å². The van der Waals surface area contributed by atoms with Gasteiger partial charge in [-0.25, -0.2) is 4.98 Å². The molecule has 2 aromatic carbocycles. The number of ether oxygens (including phenoxy) is 6. The fourth-order valence-corrected chi connectivity index (χ4v) is 7.05. The Morgan fingerprint density at radius 2 is 1.59 bits per heavy atom. The van der Waals surface area contributed by atoms with E-state index < -0.39 is 10.1 Å². The smallest absolute Gasteiger partial charge is 0.294 e. The number of carbonyl (C=O) groups excluding carboxylic acids is 1. The van der Waals surface area contributed by atoms with Crippen molar-refractivity contribution in [2.24, 2.45) is 7.05 Å². The minimum Gasteiger partial charge on any atom is -0.478 e. The highest BCUT2D eigenvalue weighted by Gasteiger charge is 2.22. The van der Waals surface area contributed by atoms with Crippen LogP contribution >= 0.6 is 11.6 Å². The van der Waals surface area contributed by atoms with Gasteiger partial charge in [0.15, 0.2) is 18.2 Å². The fourth-order valence-electron chi connectivity index (χ4n) is 6.18. The molecule has 0 atom stereocenters. The molecule has 316 valence electrons. The van der Waals surface area contributed by atoms with E-state index in [1.807, 2.05) is 25.1 Å². The maximum Gasteiger partial charge on any atom is 0.294 e. The van der Waals surface area contributed by atoms with Crippen LogP contribution < -0.4 is 25.8 Å². The molecule has 58 heavy (non-hydrogen) atoms. The van der Waals surface area contributed by atoms with Gasteiger partial charge in [0.1, 0.15) is 5.02 Å². The third kappa shape index (κ3) is 13.3. The summed E-state index contributed by atoms with van der Waals surface area (Å²) in [5.41, 5.74) is 2.45. The van der Waals surface area contributed by atoms with Crippen LogP contribution in [-0.4, -0.2) is 126 Å². The van der Waals surface area contributed by atoms with Gasteiger partial charge in [0.2, 0.25) is 5.95 Å². The summed E-state index contributed by atoms with van der Waals surface area (Å²) in [6.07, 6.45) is 3.63. The Hall–Kier alpha value is -4.40. The minimum absolute atomic E-state index is 0.0682. The fraction of sp³-hybridized carbons (Fsp3) is 0.487. The van der Waals surface area contributed by atoms with Gasteiger partial charge in [0.05, 0.1) is 82.2 Å². The summed E-state index contributed by atoms with van der Waals surface area (Å²) in [6.45, 7) is 6.66. The zero-order valence-electron chi connectivity index (χ0n) is 32.9. The van der Waals surface area contributed by atoms with Gasteiger partial charge in [0, 0.05) is 38.3 Å². The molecule has 1 aliphatic heterocycles. The lowest BCUT2D eigenvalue weighted by Gasteiger charge is -2.32. The second-order valence-electron chi connectivity index (χ2n) is 13.4. The lowest BCUT2D eigenvalue weighted by molar-refractivity contribution is -0.122. The highest BCUT2D eigenvalue weighted by Crippen LogP contribution is 2.29. The summed E-state index contributed by atoms with van der Waals surface area (Å²) in [6, 6.07) is 11.9. The number of hydrogen-bond donors (Lipinski definition) is 3. The van der Waals surface area contributed by atoms with E-state index in [4.69, 9.17) is 45.0 Å². The quantitative estimate of drug-likeness (QED) is 0.0720. The lowest BCUT2D eigenvalue weighted by atomic mass is 10.1. The summed E-state index contributed by atoms with van der Waals surface area (Å²) in [5, 5.41) is 6.81. The molecule has 0 saturated carbocycles. The topological polar surface area (TPSA) is 202 Å². The highest BCUT2D eigenvalue weighted by atomic mass is 35.5. The maximum atomic E-state index is 12.7. The number of halogens is 1. The Morgan fingerprint density at radius 3 is 2.24 bits per heavy atom. The monoisotopic (exact) mass is 846 g/mol. The first kappa shape index (κ1) is 44.7. The standard InChI is InChI=1S/C39H51ClN6O11S/c1-27-4-7-35(58(49,50)51)28(22-27)10-13-52-14-15-53-16-17-54-18-19-55-20-21-56-31-8-11-46(12-9-31)39-42-25-32(40)37(44-39)43-30-5-6-33-29(23-30)24-34(38(48)45(33)3)57-26-36(47)41-2/h4-7,22-25,31H,8-21,26H2,1-3H3,(H,41,47)(H,42,43,44)(H,49,50,51). The molecule has 0 unspecified atom stereocenters.